The second kappa shape index (κ2) is 6.04. The minimum atomic E-state index is -0.277. The number of fused-ring (bicyclic) bond motifs is 1. The zero-order valence-electron chi connectivity index (χ0n) is 13.2. The Balaban J connectivity index is 1.94. The number of carbonyl (C=O) groups is 1. The number of aromatic amines is 1. The number of amides is 1. The largest absolute Gasteiger partial charge is 0.377 e. The van der Waals surface area contributed by atoms with Gasteiger partial charge in [-0.05, 0) is 19.1 Å². The highest BCUT2D eigenvalue weighted by atomic mass is 16.1. The van der Waals surface area contributed by atoms with Crippen molar-refractivity contribution in [3.8, 4) is 0 Å². The molecule has 118 valence electrons. The van der Waals surface area contributed by atoms with E-state index in [0.717, 1.165) is 16.6 Å². The molecule has 0 saturated carbocycles. The van der Waals surface area contributed by atoms with Crippen LogP contribution in [0.5, 0.6) is 0 Å². The number of anilines is 1. The second-order valence-electron chi connectivity index (χ2n) is 5.50. The van der Waals surface area contributed by atoms with E-state index in [1.165, 1.54) is 6.33 Å². The molecule has 0 unspecified atom stereocenters. The van der Waals surface area contributed by atoms with Gasteiger partial charge in [-0.3, -0.25) is 9.89 Å². The summed E-state index contributed by atoms with van der Waals surface area (Å²) in [6, 6.07) is 9.29. The number of para-hydroxylation sites is 1. The van der Waals surface area contributed by atoms with Crippen molar-refractivity contribution in [2.45, 2.75) is 13.0 Å². The maximum absolute atomic E-state index is 12.5. The van der Waals surface area contributed by atoms with Gasteiger partial charge < -0.3 is 10.2 Å². The molecule has 2 heterocycles. The summed E-state index contributed by atoms with van der Waals surface area (Å²) in [5.41, 5.74) is 2.11. The number of aromatic nitrogens is 4. The number of benzene rings is 1. The van der Waals surface area contributed by atoms with Crippen LogP contribution in [0, 0.1) is 0 Å². The fourth-order valence-corrected chi connectivity index (χ4v) is 2.41. The van der Waals surface area contributed by atoms with Crippen molar-refractivity contribution in [1.29, 1.82) is 0 Å². The van der Waals surface area contributed by atoms with E-state index in [2.05, 4.69) is 25.5 Å². The molecular formula is C16H18N6O. The van der Waals surface area contributed by atoms with E-state index in [1.807, 2.05) is 50.2 Å². The first kappa shape index (κ1) is 15.0. The summed E-state index contributed by atoms with van der Waals surface area (Å²) in [5, 5.41) is 10.4. The van der Waals surface area contributed by atoms with E-state index in [4.69, 9.17) is 0 Å². The molecule has 3 rings (SSSR count). The fourth-order valence-electron chi connectivity index (χ4n) is 2.41. The summed E-state index contributed by atoms with van der Waals surface area (Å²) in [6.07, 6.45) is 1.41. The molecule has 0 bridgehead atoms. The first-order valence-corrected chi connectivity index (χ1v) is 7.29. The number of nitrogens with one attached hydrogen (secondary N) is 2. The lowest BCUT2D eigenvalue weighted by atomic mass is 10.1. The smallest absolute Gasteiger partial charge is 0.270 e. The Morgan fingerprint density at radius 1 is 1.30 bits per heavy atom. The summed E-state index contributed by atoms with van der Waals surface area (Å²) >= 11 is 0. The summed E-state index contributed by atoms with van der Waals surface area (Å²) in [6.45, 7) is 1.84. The molecule has 0 spiro atoms. The van der Waals surface area contributed by atoms with Gasteiger partial charge in [0.25, 0.3) is 5.91 Å². The molecule has 3 aromatic rings. The van der Waals surface area contributed by atoms with E-state index in [-0.39, 0.29) is 11.9 Å². The Labute approximate surface area is 133 Å². The van der Waals surface area contributed by atoms with E-state index >= 15 is 0 Å². The highest BCUT2D eigenvalue weighted by Crippen LogP contribution is 2.25. The molecule has 0 fully saturated rings. The van der Waals surface area contributed by atoms with Gasteiger partial charge in [0, 0.05) is 25.2 Å². The summed E-state index contributed by atoms with van der Waals surface area (Å²) in [4.78, 5) is 23.0. The lowest BCUT2D eigenvalue weighted by Crippen LogP contribution is -2.28. The van der Waals surface area contributed by atoms with Crippen molar-refractivity contribution < 1.29 is 4.79 Å². The molecule has 2 N–H and O–H groups in total. The quantitative estimate of drug-likeness (QED) is 0.768. The van der Waals surface area contributed by atoms with E-state index in [0.29, 0.717) is 11.5 Å². The Morgan fingerprint density at radius 3 is 2.78 bits per heavy atom. The zero-order valence-corrected chi connectivity index (χ0v) is 13.2. The van der Waals surface area contributed by atoms with Gasteiger partial charge in [-0.1, -0.05) is 18.2 Å². The van der Waals surface area contributed by atoms with Crippen LogP contribution >= 0.6 is 0 Å². The van der Waals surface area contributed by atoms with Crippen LogP contribution in [0.3, 0.4) is 0 Å². The van der Waals surface area contributed by atoms with Crippen LogP contribution in [0.4, 0.5) is 5.69 Å². The average molecular weight is 310 g/mol. The lowest BCUT2D eigenvalue weighted by Gasteiger charge is -2.17. The number of carbonyl (C=O) groups excluding carboxylic acids is 1. The molecule has 1 amide bonds. The van der Waals surface area contributed by atoms with Gasteiger partial charge in [-0.15, -0.1) is 0 Å². The SMILES string of the molecule is C[C@H](NC(=O)c1cc(N(C)C)c2ccccc2n1)c1ncn[nH]1. The predicted molar refractivity (Wildman–Crippen MR) is 88.3 cm³/mol. The zero-order chi connectivity index (χ0) is 16.4. The molecule has 2 aromatic heterocycles. The Hall–Kier alpha value is -2.96. The van der Waals surface area contributed by atoms with Gasteiger partial charge in [0.2, 0.25) is 0 Å². The normalized spacial score (nSPS) is 12.1. The van der Waals surface area contributed by atoms with Crippen LogP contribution in [-0.4, -0.2) is 40.2 Å². The van der Waals surface area contributed by atoms with E-state index < -0.39 is 0 Å². The molecule has 1 aromatic carbocycles. The van der Waals surface area contributed by atoms with E-state index in [9.17, 15) is 4.79 Å². The van der Waals surface area contributed by atoms with Gasteiger partial charge in [-0.25, -0.2) is 9.97 Å². The topological polar surface area (TPSA) is 86.8 Å². The van der Waals surface area contributed by atoms with Gasteiger partial charge in [0.15, 0.2) is 0 Å². The number of rotatable bonds is 4. The number of hydrogen-bond acceptors (Lipinski definition) is 5. The van der Waals surface area contributed by atoms with Crippen LogP contribution in [0.2, 0.25) is 0 Å². The lowest BCUT2D eigenvalue weighted by molar-refractivity contribution is 0.0933. The molecular weight excluding hydrogens is 292 g/mol. The Kier molecular flexibility index (Phi) is 3.92. The predicted octanol–water partition coefficient (Wildman–Crippen LogP) is 1.91. The van der Waals surface area contributed by atoms with Gasteiger partial charge >= 0.3 is 0 Å². The molecule has 7 heteroatoms. The monoisotopic (exact) mass is 310 g/mol. The summed E-state index contributed by atoms with van der Waals surface area (Å²) < 4.78 is 0. The van der Waals surface area contributed by atoms with Crippen molar-refractivity contribution in [2.24, 2.45) is 0 Å². The minimum Gasteiger partial charge on any atom is -0.377 e. The third kappa shape index (κ3) is 2.98. The highest BCUT2D eigenvalue weighted by molar-refractivity contribution is 6.00. The van der Waals surface area contributed by atoms with Crippen molar-refractivity contribution in [1.82, 2.24) is 25.5 Å². The van der Waals surface area contributed by atoms with Crippen LogP contribution in [0.25, 0.3) is 10.9 Å². The molecule has 0 saturated heterocycles. The summed E-state index contributed by atoms with van der Waals surface area (Å²) in [7, 11) is 3.89. The van der Waals surface area contributed by atoms with Gasteiger partial charge in [0.05, 0.1) is 11.6 Å². The van der Waals surface area contributed by atoms with Gasteiger partial charge in [0.1, 0.15) is 17.8 Å². The van der Waals surface area contributed by atoms with Crippen LogP contribution < -0.4 is 10.2 Å². The van der Waals surface area contributed by atoms with Crippen LogP contribution in [0.15, 0.2) is 36.7 Å². The molecule has 0 aliphatic heterocycles. The molecule has 23 heavy (non-hydrogen) atoms. The number of H-pyrrole nitrogens is 1. The molecule has 7 nitrogen and oxygen atoms in total. The molecule has 0 aliphatic carbocycles. The summed E-state index contributed by atoms with van der Waals surface area (Å²) in [5.74, 6) is 0.356. The highest BCUT2D eigenvalue weighted by Gasteiger charge is 2.17. The first-order valence-electron chi connectivity index (χ1n) is 7.29. The average Bonchev–Trinajstić information content (AvgIpc) is 3.08. The standard InChI is InChI=1S/C16H18N6O/c1-10(15-17-9-18-21-15)19-16(23)13-8-14(22(2)3)11-6-4-5-7-12(11)20-13/h4-10H,1-3H3,(H,19,23)(H,17,18,21)/t10-/m0/s1. The maximum Gasteiger partial charge on any atom is 0.270 e. The number of pyridine rings is 1. The van der Waals surface area contributed by atoms with Gasteiger partial charge in [-0.2, -0.15) is 5.10 Å². The number of hydrogen-bond donors (Lipinski definition) is 2. The van der Waals surface area contributed by atoms with Crippen LogP contribution in [0.1, 0.15) is 29.3 Å². The maximum atomic E-state index is 12.5. The fraction of sp³-hybridized carbons (Fsp3) is 0.250. The molecule has 1 atom stereocenters. The number of nitrogens with zero attached hydrogens (tertiary/aromatic N) is 4. The van der Waals surface area contributed by atoms with E-state index in [1.54, 1.807) is 6.07 Å². The van der Waals surface area contributed by atoms with Crippen molar-refractivity contribution in [3.63, 3.8) is 0 Å². The van der Waals surface area contributed by atoms with Crippen LogP contribution in [-0.2, 0) is 0 Å². The minimum absolute atomic E-state index is 0.247. The molecule has 0 aliphatic rings. The van der Waals surface area contributed by atoms with Crippen molar-refractivity contribution >= 4 is 22.5 Å². The Bertz CT molecular complexity index is 828. The van der Waals surface area contributed by atoms with Crippen molar-refractivity contribution in [3.05, 3.63) is 48.2 Å². The third-order valence-corrected chi connectivity index (χ3v) is 3.60. The Morgan fingerprint density at radius 2 is 2.09 bits per heavy atom. The third-order valence-electron chi connectivity index (χ3n) is 3.60. The van der Waals surface area contributed by atoms with Crippen molar-refractivity contribution in [2.75, 3.05) is 19.0 Å². The first-order chi connectivity index (χ1) is 11.1. The second-order valence-corrected chi connectivity index (χ2v) is 5.50. The molecule has 0 radical (unpaired) electrons.